The van der Waals surface area contributed by atoms with Gasteiger partial charge >= 0.3 is 0 Å². The lowest BCUT2D eigenvalue weighted by Gasteiger charge is -2.18. The van der Waals surface area contributed by atoms with Crippen molar-refractivity contribution in [1.82, 2.24) is 9.88 Å². The van der Waals surface area contributed by atoms with E-state index in [9.17, 15) is 39.2 Å². The van der Waals surface area contributed by atoms with Crippen molar-refractivity contribution in [3.05, 3.63) is 82.4 Å². The van der Waals surface area contributed by atoms with Crippen molar-refractivity contribution in [3.63, 3.8) is 0 Å². The van der Waals surface area contributed by atoms with Crippen molar-refractivity contribution in [1.29, 1.82) is 0 Å². The van der Waals surface area contributed by atoms with Crippen molar-refractivity contribution in [2.75, 3.05) is 0 Å². The van der Waals surface area contributed by atoms with Gasteiger partial charge in [-0.3, -0.25) is 4.79 Å². The van der Waals surface area contributed by atoms with Crippen LogP contribution in [0.5, 0.6) is 0 Å². The Hall–Kier alpha value is -4.02. The van der Waals surface area contributed by atoms with E-state index in [1.807, 2.05) is 11.5 Å². The number of halogens is 1. The van der Waals surface area contributed by atoms with Crippen LogP contribution in [0, 0.1) is 12.7 Å². The van der Waals surface area contributed by atoms with Crippen LogP contribution in [0.3, 0.4) is 0 Å². The first kappa shape index (κ1) is 29.5. The zero-order valence-electron chi connectivity index (χ0n) is 21.8. The molecule has 0 aliphatic rings. The van der Waals surface area contributed by atoms with E-state index in [1.54, 1.807) is 31.2 Å². The smallest absolute Gasteiger partial charge is 0.268 e. The first-order chi connectivity index (χ1) is 18.5. The normalized spacial score (nSPS) is 12.6. The zero-order valence-corrected chi connectivity index (χ0v) is 21.8. The molecule has 3 rings (SSSR count). The summed E-state index contributed by atoms with van der Waals surface area (Å²) in [5, 5.41) is 44.9. The third-order valence-electron chi connectivity index (χ3n) is 6.58. The average Bonchev–Trinajstić information content (AvgIpc) is 3.17. The van der Waals surface area contributed by atoms with Crippen LogP contribution in [0.4, 0.5) is 4.39 Å². The van der Waals surface area contributed by atoms with Gasteiger partial charge in [0.05, 0.1) is 18.2 Å². The summed E-state index contributed by atoms with van der Waals surface area (Å²) in [6, 6.07) is 11.8. The minimum atomic E-state index is -1.41. The largest absolute Gasteiger partial charge is 0.550 e. The van der Waals surface area contributed by atoms with Gasteiger partial charge in [-0.15, -0.1) is 0 Å². The molecule has 3 N–H and O–H groups in total. The average molecular weight is 539 g/mol. The molecular weight excluding hydrogens is 507 g/mol. The molecule has 0 unspecified atom stereocenters. The Kier molecular flexibility index (Phi) is 9.97. The Bertz CT molecular complexity index is 1320. The first-order valence-corrected chi connectivity index (χ1v) is 12.6. The van der Waals surface area contributed by atoms with Crippen LogP contribution in [0.25, 0.3) is 11.1 Å². The number of benzene rings is 2. The molecule has 0 aliphatic carbocycles. The predicted octanol–water partition coefficient (Wildman–Crippen LogP) is 1.10. The standard InChI is InChI=1S/C29H33FN2O7/c1-3-32-24(13-12-22(33)14-23(34)15-25(35)36)26(19-8-10-21(30)11-9-19)17(2)27(32)28(37)31-16-18-4-6-20(7-5-18)29(38)39/h4-11,22-23,33-34H,3,12-16H2,1-2H3,(H,31,37)(H,35,36)(H,38,39)/p-2/t22-,23-/m1/s1. The minimum Gasteiger partial charge on any atom is -0.550 e. The fourth-order valence-electron chi connectivity index (χ4n) is 4.74. The highest BCUT2D eigenvalue weighted by Crippen LogP contribution is 2.34. The minimum absolute atomic E-state index is 0.0312. The summed E-state index contributed by atoms with van der Waals surface area (Å²) in [5.41, 5.74) is 3.93. The Balaban J connectivity index is 1.90. The third kappa shape index (κ3) is 7.52. The Labute approximate surface area is 225 Å². The predicted molar refractivity (Wildman–Crippen MR) is 137 cm³/mol. The van der Waals surface area contributed by atoms with Crippen molar-refractivity contribution in [2.24, 2.45) is 0 Å². The number of aliphatic carboxylic acids is 1. The van der Waals surface area contributed by atoms with Crippen molar-refractivity contribution in [3.8, 4) is 11.1 Å². The second-order valence-corrected chi connectivity index (χ2v) is 9.37. The lowest BCUT2D eigenvalue weighted by Crippen LogP contribution is -2.29. The molecule has 0 aliphatic heterocycles. The maximum Gasteiger partial charge on any atom is 0.268 e. The van der Waals surface area contributed by atoms with Crippen molar-refractivity contribution < 1.29 is 39.2 Å². The third-order valence-corrected chi connectivity index (χ3v) is 6.58. The molecule has 0 fully saturated rings. The van der Waals surface area contributed by atoms with Gasteiger partial charge in [0.2, 0.25) is 0 Å². The number of nitrogens with zero attached hydrogens (tertiary/aromatic N) is 1. The molecule has 10 heteroatoms. The van der Waals surface area contributed by atoms with E-state index in [2.05, 4.69) is 5.32 Å². The molecule has 3 aromatic rings. The number of carbonyl (C=O) groups excluding carboxylic acids is 3. The first-order valence-electron chi connectivity index (χ1n) is 12.6. The number of carbonyl (C=O) groups is 3. The Morgan fingerprint density at radius 1 is 1.00 bits per heavy atom. The van der Waals surface area contributed by atoms with Gasteiger partial charge in [-0.1, -0.05) is 36.4 Å². The van der Waals surface area contributed by atoms with Crippen LogP contribution < -0.4 is 15.5 Å². The van der Waals surface area contributed by atoms with Gasteiger partial charge in [0.15, 0.2) is 0 Å². The summed E-state index contributed by atoms with van der Waals surface area (Å²) < 4.78 is 15.5. The van der Waals surface area contributed by atoms with Gasteiger partial charge in [-0.2, -0.15) is 0 Å². The van der Waals surface area contributed by atoms with E-state index < -0.39 is 36.4 Å². The number of aromatic carboxylic acids is 1. The number of rotatable bonds is 13. The molecule has 0 bridgehead atoms. The molecule has 2 atom stereocenters. The van der Waals surface area contributed by atoms with E-state index in [0.717, 1.165) is 11.3 Å². The van der Waals surface area contributed by atoms with Gasteiger partial charge in [0.1, 0.15) is 11.5 Å². The molecule has 2 aromatic carbocycles. The molecule has 1 amide bonds. The zero-order chi connectivity index (χ0) is 28.7. The van der Waals surface area contributed by atoms with Gasteiger partial charge in [-0.05, 0) is 67.5 Å². The Morgan fingerprint density at radius 3 is 2.21 bits per heavy atom. The second kappa shape index (κ2) is 13.2. The van der Waals surface area contributed by atoms with Crippen LogP contribution in [0.1, 0.15) is 63.9 Å². The summed E-state index contributed by atoms with van der Waals surface area (Å²) in [6.45, 7) is 4.23. The lowest BCUT2D eigenvalue weighted by atomic mass is 9.97. The number of hydrogen-bond donors (Lipinski definition) is 3. The second-order valence-electron chi connectivity index (χ2n) is 9.37. The molecule has 9 nitrogen and oxygen atoms in total. The van der Waals surface area contributed by atoms with E-state index in [4.69, 9.17) is 0 Å². The number of aromatic nitrogens is 1. The lowest BCUT2D eigenvalue weighted by molar-refractivity contribution is -0.307. The van der Waals surface area contributed by atoms with E-state index in [1.165, 1.54) is 24.3 Å². The van der Waals surface area contributed by atoms with E-state index in [-0.39, 0.29) is 30.9 Å². The fraction of sp³-hybridized carbons (Fsp3) is 0.345. The molecule has 0 spiro atoms. The summed E-state index contributed by atoms with van der Waals surface area (Å²) in [5.74, 6) is -3.47. The van der Waals surface area contributed by atoms with Crippen LogP contribution >= 0.6 is 0 Å². The molecule has 0 saturated carbocycles. The quantitative estimate of drug-likeness (QED) is 0.294. The fourth-order valence-corrected chi connectivity index (χ4v) is 4.74. The number of nitrogens with one attached hydrogen (secondary N) is 1. The summed E-state index contributed by atoms with van der Waals surface area (Å²) in [7, 11) is 0. The molecule has 39 heavy (non-hydrogen) atoms. The van der Waals surface area contributed by atoms with Gasteiger partial charge in [0, 0.05) is 36.7 Å². The van der Waals surface area contributed by atoms with E-state index >= 15 is 0 Å². The molecule has 0 saturated heterocycles. The molecular formula is C29H31FN2O7-2. The van der Waals surface area contributed by atoms with Crippen molar-refractivity contribution >= 4 is 17.8 Å². The van der Waals surface area contributed by atoms with Crippen LogP contribution in [-0.4, -0.2) is 44.8 Å². The number of aliphatic hydroxyl groups excluding tert-OH is 2. The molecule has 208 valence electrons. The SMILES string of the molecule is CCn1c(CC[C@@H](O)C[C@@H](O)CC(=O)[O-])c(-c2ccc(F)cc2)c(C)c1C(=O)NCc1ccc(C(=O)[O-])cc1. The summed E-state index contributed by atoms with van der Waals surface area (Å²) in [6.07, 6.45) is -2.48. The highest BCUT2D eigenvalue weighted by atomic mass is 19.1. The van der Waals surface area contributed by atoms with Gasteiger partial charge < -0.3 is 39.9 Å². The highest BCUT2D eigenvalue weighted by molar-refractivity contribution is 5.97. The molecule has 0 radical (unpaired) electrons. The monoisotopic (exact) mass is 538 g/mol. The maximum atomic E-state index is 13.7. The summed E-state index contributed by atoms with van der Waals surface area (Å²) in [4.78, 5) is 35.1. The van der Waals surface area contributed by atoms with Crippen LogP contribution in [-0.2, 0) is 24.3 Å². The number of aliphatic hydroxyl groups is 2. The highest BCUT2D eigenvalue weighted by Gasteiger charge is 2.25. The topological polar surface area (TPSA) is 155 Å². The number of carboxylic acid groups (broad SMARTS) is 2. The maximum absolute atomic E-state index is 13.7. The van der Waals surface area contributed by atoms with Gasteiger partial charge in [0.25, 0.3) is 5.91 Å². The summed E-state index contributed by atoms with van der Waals surface area (Å²) >= 11 is 0. The number of carboxylic acids is 2. The molecule has 1 aromatic heterocycles. The molecule has 1 heterocycles. The van der Waals surface area contributed by atoms with Crippen LogP contribution in [0.15, 0.2) is 48.5 Å². The number of hydrogen-bond acceptors (Lipinski definition) is 7. The van der Waals surface area contributed by atoms with Gasteiger partial charge in [-0.25, -0.2) is 4.39 Å². The van der Waals surface area contributed by atoms with E-state index in [0.29, 0.717) is 35.3 Å². The Morgan fingerprint density at radius 2 is 1.64 bits per heavy atom. The van der Waals surface area contributed by atoms with Crippen molar-refractivity contribution in [2.45, 2.75) is 64.8 Å². The number of amides is 1. The van der Waals surface area contributed by atoms with Crippen LogP contribution in [0.2, 0.25) is 0 Å².